The Labute approximate surface area is 280 Å². The second kappa shape index (κ2) is 15.1. The van der Waals surface area contributed by atoms with Gasteiger partial charge in [0.25, 0.3) is 0 Å². The van der Waals surface area contributed by atoms with E-state index < -0.39 is 20.3 Å². The van der Waals surface area contributed by atoms with Gasteiger partial charge >= 0.3 is 281 Å². The van der Waals surface area contributed by atoms with E-state index in [1.807, 2.05) is 0 Å². The molecule has 0 N–H and O–H groups in total. The molecule has 1 heterocycles. The molecule has 0 amide bonds. The van der Waals surface area contributed by atoms with Gasteiger partial charge in [0.1, 0.15) is 0 Å². The zero-order valence-electron chi connectivity index (χ0n) is 31.0. The third-order valence-electron chi connectivity index (χ3n) is 9.53. The first kappa shape index (κ1) is 36.5. The number of benzene rings is 2. The van der Waals surface area contributed by atoms with E-state index in [-0.39, 0.29) is 0 Å². The predicted molar refractivity (Wildman–Crippen MR) is 200 cm³/mol. The van der Waals surface area contributed by atoms with Crippen LogP contribution in [0.25, 0.3) is 0 Å². The van der Waals surface area contributed by atoms with Crippen molar-refractivity contribution in [2.75, 3.05) is 3.12 Å². The normalized spacial score (nSPS) is 16.3. The summed E-state index contributed by atoms with van der Waals surface area (Å²) in [5.74, 6) is 3.23. The fourth-order valence-electron chi connectivity index (χ4n) is 6.90. The SMILES string of the molecule is C=C/C(=C(\CC)[N]1C=C[N](c2c(C(C)C)cc(C(C)C)cc2C(C)C)[SnH]1[c]1c(C(C)C)cc(C(C)C)cc1C(C)C)C(C)C. The average Bonchev–Trinajstić information content (AvgIpc) is 3.37. The van der Waals surface area contributed by atoms with Crippen LogP contribution >= 0.6 is 0 Å². The van der Waals surface area contributed by atoms with Crippen molar-refractivity contribution in [2.45, 2.75) is 146 Å². The first-order valence-electron chi connectivity index (χ1n) is 17.5. The van der Waals surface area contributed by atoms with E-state index >= 15 is 0 Å². The summed E-state index contributed by atoms with van der Waals surface area (Å²) in [6.07, 6.45) is 8.07. The molecule has 0 fully saturated rings. The van der Waals surface area contributed by atoms with Crippen LogP contribution in [-0.4, -0.2) is 23.4 Å². The van der Waals surface area contributed by atoms with Gasteiger partial charge in [0.05, 0.1) is 0 Å². The second-order valence-electron chi connectivity index (χ2n) is 15.2. The molecule has 242 valence electrons. The summed E-state index contributed by atoms with van der Waals surface area (Å²) < 4.78 is 7.35. The number of allylic oxidation sites excluding steroid dienone is 3. The molecule has 1 aliphatic rings. The molecule has 0 saturated carbocycles. The van der Waals surface area contributed by atoms with Crippen molar-refractivity contribution in [1.82, 2.24) is 3.12 Å². The van der Waals surface area contributed by atoms with Crippen molar-refractivity contribution in [2.24, 2.45) is 5.92 Å². The van der Waals surface area contributed by atoms with Crippen molar-refractivity contribution in [3.8, 4) is 0 Å². The minimum absolute atomic E-state index is 0.428. The average molecular weight is 704 g/mol. The first-order valence-corrected chi connectivity index (χ1v) is 22.1. The predicted octanol–water partition coefficient (Wildman–Crippen LogP) is 11.7. The van der Waals surface area contributed by atoms with Crippen LogP contribution in [0.2, 0.25) is 0 Å². The van der Waals surface area contributed by atoms with Gasteiger partial charge in [-0.25, -0.2) is 0 Å². The maximum atomic E-state index is 4.32. The molecule has 0 aromatic heterocycles. The fourth-order valence-corrected chi connectivity index (χ4v) is 18.0. The third-order valence-corrected chi connectivity index (χ3v) is 18.5. The summed E-state index contributed by atoms with van der Waals surface area (Å²) >= 11 is -3.12. The quantitative estimate of drug-likeness (QED) is 0.160. The molecule has 3 rings (SSSR count). The van der Waals surface area contributed by atoms with Crippen molar-refractivity contribution in [3.05, 3.63) is 94.0 Å². The molecule has 0 spiro atoms. The van der Waals surface area contributed by atoms with Crippen molar-refractivity contribution in [1.29, 1.82) is 0 Å². The van der Waals surface area contributed by atoms with E-state index in [0.29, 0.717) is 41.4 Å². The van der Waals surface area contributed by atoms with Gasteiger partial charge < -0.3 is 0 Å². The van der Waals surface area contributed by atoms with E-state index in [2.05, 4.69) is 159 Å². The van der Waals surface area contributed by atoms with Crippen LogP contribution < -0.4 is 6.70 Å². The Morgan fingerprint density at radius 1 is 0.636 bits per heavy atom. The summed E-state index contributed by atoms with van der Waals surface area (Å²) in [6.45, 7) is 39.9. The van der Waals surface area contributed by atoms with Crippen LogP contribution in [0.3, 0.4) is 0 Å². The molecule has 0 saturated heterocycles. The number of hydrogen-bond acceptors (Lipinski definition) is 2. The summed E-state index contributed by atoms with van der Waals surface area (Å²) in [6, 6.07) is 10.2. The number of hydrogen-bond donors (Lipinski definition) is 0. The van der Waals surface area contributed by atoms with Crippen molar-refractivity contribution in [3.63, 3.8) is 0 Å². The van der Waals surface area contributed by atoms with Crippen LogP contribution in [0.5, 0.6) is 0 Å². The van der Waals surface area contributed by atoms with Gasteiger partial charge in [-0.3, -0.25) is 0 Å². The van der Waals surface area contributed by atoms with E-state index in [1.54, 1.807) is 14.7 Å². The molecule has 1 aliphatic heterocycles. The van der Waals surface area contributed by atoms with Gasteiger partial charge in [0, 0.05) is 0 Å². The number of rotatable bonds is 12. The van der Waals surface area contributed by atoms with Crippen LogP contribution in [-0.2, 0) is 0 Å². The molecular weight excluding hydrogens is 639 g/mol. The minimum atomic E-state index is -3.12. The molecule has 2 aromatic carbocycles. The molecule has 3 heteroatoms. The number of nitrogens with zero attached hydrogens (tertiary/aromatic N) is 2. The molecule has 44 heavy (non-hydrogen) atoms. The standard InChI is InChI=1S/C26H40N2.C15H23.Sn.H/c1-11-22(18(5)6)25(12-2)27-13-14-28-26-23(19(7)8)15-21(17(3)4)16-24(26)20(9)10;1-10(2)13-7-14(11(3)4)9-15(8-13)12(5)6;;/h11,13-20H,1,12H2,2-10H3;7-8,10-12H,1-6H3;;/q-2;;+2;/b14-13?,25-22-;;;. The van der Waals surface area contributed by atoms with Crippen LogP contribution in [0.1, 0.15) is 179 Å². The monoisotopic (exact) mass is 704 g/mol. The van der Waals surface area contributed by atoms with Crippen LogP contribution in [0.15, 0.2) is 60.6 Å². The summed E-state index contributed by atoms with van der Waals surface area (Å²) in [5, 5.41) is 0. The van der Waals surface area contributed by atoms with E-state index in [4.69, 9.17) is 0 Å². The summed E-state index contributed by atoms with van der Waals surface area (Å²) in [4.78, 5) is 0. The number of anilines is 1. The van der Waals surface area contributed by atoms with Crippen LogP contribution in [0, 0.1) is 5.92 Å². The maximum absolute atomic E-state index is 4.32. The van der Waals surface area contributed by atoms with E-state index in [9.17, 15) is 0 Å². The zero-order valence-corrected chi connectivity index (χ0v) is 34.3. The molecule has 0 radical (unpaired) electrons. The topological polar surface area (TPSA) is 6.48 Å². The molecule has 1 atom stereocenters. The van der Waals surface area contributed by atoms with Gasteiger partial charge in [0.15, 0.2) is 0 Å². The Morgan fingerprint density at radius 2 is 1.05 bits per heavy atom. The molecule has 2 nitrogen and oxygen atoms in total. The zero-order chi connectivity index (χ0) is 33.2. The molecular formula is C41H64N2Sn. The Balaban J connectivity index is 2.57. The van der Waals surface area contributed by atoms with Gasteiger partial charge in [0.2, 0.25) is 0 Å². The van der Waals surface area contributed by atoms with Crippen molar-refractivity contribution < 1.29 is 0 Å². The van der Waals surface area contributed by atoms with Crippen LogP contribution in [0.4, 0.5) is 5.69 Å². The van der Waals surface area contributed by atoms with Gasteiger partial charge in [-0.2, -0.15) is 0 Å². The van der Waals surface area contributed by atoms with Gasteiger partial charge in [-0.15, -0.1) is 0 Å². The third kappa shape index (κ3) is 7.37. The first-order chi connectivity index (χ1) is 20.6. The molecule has 2 aromatic rings. The summed E-state index contributed by atoms with van der Waals surface area (Å²) in [7, 11) is 0. The Bertz CT molecular complexity index is 1310. The Hall–Kier alpha value is -1.94. The Kier molecular flexibility index (Phi) is 12.5. The van der Waals surface area contributed by atoms with E-state index in [1.165, 1.54) is 39.2 Å². The van der Waals surface area contributed by atoms with E-state index in [0.717, 1.165) is 6.42 Å². The Morgan fingerprint density at radius 3 is 1.36 bits per heavy atom. The molecule has 0 aliphatic carbocycles. The van der Waals surface area contributed by atoms with Gasteiger partial charge in [-0.05, 0) is 0 Å². The second-order valence-corrected chi connectivity index (χ2v) is 22.1. The van der Waals surface area contributed by atoms with Crippen molar-refractivity contribution >= 4 is 29.6 Å². The van der Waals surface area contributed by atoms with Gasteiger partial charge in [-0.1, -0.05) is 0 Å². The summed E-state index contributed by atoms with van der Waals surface area (Å²) in [5.41, 5.74) is 13.4. The molecule has 0 bridgehead atoms. The molecule has 1 unspecified atom stereocenters. The fraction of sp³-hybridized carbons (Fsp3) is 0.561.